The van der Waals surface area contributed by atoms with E-state index in [1.54, 1.807) is 0 Å². The van der Waals surface area contributed by atoms with Gasteiger partial charge in [-0.1, -0.05) is 413 Å². The Morgan fingerprint density at radius 1 is 0.203 bits per heavy atom. The molecule has 16 nitrogen and oxygen atoms in total. The highest BCUT2D eigenvalue weighted by Crippen LogP contribution is 2.22. The first-order valence-electron chi connectivity index (χ1n) is 51.8. The summed E-state index contributed by atoms with van der Waals surface area (Å²) in [4.78, 5) is 87.2. The molecule has 1 aliphatic rings. The summed E-state index contributed by atoms with van der Waals surface area (Å²) in [6, 6.07) is 0.414. The predicted molar refractivity (Wildman–Crippen MR) is 496 cm³/mol. The van der Waals surface area contributed by atoms with Gasteiger partial charge in [-0.15, -0.1) is 0 Å². The summed E-state index contributed by atoms with van der Waals surface area (Å²) in [7, 11) is 0. The van der Waals surface area contributed by atoms with Crippen LogP contribution in [0.25, 0.3) is 0 Å². The average molecular weight is 1670 g/mol. The van der Waals surface area contributed by atoms with Crippen LogP contribution in [-0.2, 0) is 57.2 Å². The molecule has 1 saturated heterocycles. The highest BCUT2D eigenvalue weighted by atomic mass is 16.6. The van der Waals surface area contributed by atoms with E-state index >= 15 is 0 Å². The third-order valence-corrected chi connectivity index (χ3v) is 24.8. The SMILES string of the molecule is CCCCCCCCCCCCCCCCCCOC(=O)CCN(CCCC(=O)OCCN1CC(C)N(CCOC(=O)CCCN(CCC(=O)OCCCCCCCCCCCCCCCCCC)CCC(=O)OCCCCCCCCCCCCCCCCCC)CC1C)CCC(=O)OCCCCCCCCCCCCCCCCCC. The Balaban J connectivity index is 2.58. The number of hydrogen-bond donors (Lipinski definition) is 0. The number of hydrogen-bond acceptors (Lipinski definition) is 16. The van der Waals surface area contributed by atoms with Gasteiger partial charge in [-0.05, 0) is 65.5 Å². The van der Waals surface area contributed by atoms with E-state index in [-0.39, 0.29) is 86.4 Å². The molecule has 16 heteroatoms. The molecule has 696 valence electrons. The van der Waals surface area contributed by atoms with Crippen LogP contribution >= 0.6 is 0 Å². The molecule has 1 fully saturated rings. The first kappa shape index (κ1) is 113. The minimum atomic E-state index is -0.253. The topological polar surface area (TPSA) is 171 Å². The van der Waals surface area contributed by atoms with Crippen molar-refractivity contribution < 1.29 is 57.2 Å². The Morgan fingerprint density at radius 3 is 0.534 bits per heavy atom. The van der Waals surface area contributed by atoms with E-state index in [0.717, 1.165) is 64.5 Å². The summed E-state index contributed by atoms with van der Waals surface area (Å²) in [6.45, 7) is 21.5. The number of piperazine rings is 1. The van der Waals surface area contributed by atoms with Gasteiger partial charge in [0.2, 0.25) is 0 Å². The summed E-state index contributed by atoms with van der Waals surface area (Å²) in [6.07, 6.45) is 85.5. The molecule has 2 atom stereocenters. The summed E-state index contributed by atoms with van der Waals surface area (Å²) in [5.74, 6) is -1.39. The molecule has 0 aromatic heterocycles. The lowest BCUT2D eigenvalue weighted by Gasteiger charge is -2.44. The number of rotatable bonds is 94. The van der Waals surface area contributed by atoms with E-state index in [9.17, 15) is 28.8 Å². The van der Waals surface area contributed by atoms with Crippen LogP contribution in [0.1, 0.15) is 504 Å². The second kappa shape index (κ2) is 89.9. The van der Waals surface area contributed by atoms with E-state index < -0.39 is 0 Å². The number of carbonyl (C=O) groups excluding carboxylic acids is 6. The van der Waals surface area contributed by atoms with Crippen molar-refractivity contribution in [3.63, 3.8) is 0 Å². The zero-order chi connectivity index (χ0) is 85.4. The zero-order valence-electron chi connectivity index (χ0n) is 79.1. The summed E-state index contributed by atoms with van der Waals surface area (Å²) >= 11 is 0. The van der Waals surface area contributed by atoms with Gasteiger partial charge in [0.1, 0.15) is 13.2 Å². The van der Waals surface area contributed by atoms with E-state index in [4.69, 9.17) is 28.4 Å². The van der Waals surface area contributed by atoms with E-state index in [1.165, 1.54) is 360 Å². The van der Waals surface area contributed by atoms with E-state index in [2.05, 4.69) is 61.1 Å². The molecule has 0 N–H and O–H groups in total. The van der Waals surface area contributed by atoms with Crippen molar-refractivity contribution >= 4 is 35.8 Å². The van der Waals surface area contributed by atoms with Crippen LogP contribution in [0, 0.1) is 0 Å². The standard InChI is InChI=1S/C102H196N4O12/c1-7-11-15-19-23-27-31-35-39-43-47-51-55-59-63-67-87-113-99(109)75-81-103(82-76-100(110)114-88-68-64-60-56-52-48-44-40-36-32-28-24-20-16-12-8-2)79-71-73-97(107)117-91-85-105-93-96(6)106(94-95(105)5)86-92-118-98(108)74-72-80-104(83-77-101(111)115-89-69-65-61-57-53-49-45-41-37-33-29-25-21-17-13-9-3)84-78-102(112)116-90-70-66-62-58-54-50-46-42-38-34-30-26-22-18-14-10-4/h95-96H,7-94H2,1-6H3. The predicted octanol–water partition coefficient (Wildman–Crippen LogP) is 27.4. The third-order valence-electron chi connectivity index (χ3n) is 24.8. The average Bonchev–Trinajstić information content (AvgIpc) is 0.844. The van der Waals surface area contributed by atoms with E-state index in [0.29, 0.717) is 105 Å². The Labute approximate surface area is 729 Å². The summed E-state index contributed by atoms with van der Waals surface area (Å²) in [5, 5.41) is 0. The van der Waals surface area contributed by atoms with Crippen LogP contribution in [0.5, 0.6) is 0 Å². The van der Waals surface area contributed by atoms with Gasteiger partial charge < -0.3 is 38.2 Å². The largest absolute Gasteiger partial charge is 0.466 e. The van der Waals surface area contributed by atoms with E-state index in [1.807, 2.05) is 0 Å². The maximum Gasteiger partial charge on any atom is 0.307 e. The van der Waals surface area contributed by atoms with Gasteiger partial charge in [-0.2, -0.15) is 0 Å². The highest BCUT2D eigenvalue weighted by molar-refractivity contribution is 5.71. The van der Waals surface area contributed by atoms with Crippen molar-refractivity contribution in [2.24, 2.45) is 0 Å². The normalized spacial score (nSPS) is 13.9. The molecule has 0 amide bonds. The molecule has 0 spiro atoms. The van der Waals surface area contributed by atoms with Crippen LogP contribution in [-0.4, -0.2) is 173 Å². The quantitative estimate of drug-likeness (QED) is 0.0320. The zero-order valence-corrected chi connectivity index (χ0v) is 79.1. The van der Waals surface area contributed by atoms with Crippen molar-refractivity contribution in [3.8, 4) is 0 Å². The molecular weight excluding hydrogens is 1470 g/mol. The van der Waals surface area contributed by atoms with Crippen LogP contribution in [0.3, 0.4) is 0 Å². The van der Waals surface area contributed by atoms with Gasteiger partial charge in [-0.25, -0.2) is 0 Å². The molecular formula is C102H196N4O12. The number of nitrogens with zero attached hydrogens (tertiary/aromatic N) is 4. The Hall–Kier alpha value is -3.34. The summed E-state index contributed by atoms with van der Waals surface area (Å²) in [5.41, 5.74) is 0. The Morgan fingerprint density at radius 2 is 0.356 bits per heavy atom. The van der Waals surface area contributed by atoms with Gasteiger partial charge >= 0.3 is 35.8 Å². The first-order valence-corrected chi connectivity index (χ1v) is 51.8. The fraction of sp³-hybridized carbons (Fsp3) is 0.941. The molecule has 1 heterocycles. The van der Waals surface area contributed by atoms with Crippen molar-refractivity contribution in [1.29, 1.82) is 0 Å². The fourth-order valence-electron chi connectivity index (χ4n) is 16.8. The van der Waals surface area contributed by atoms with Crippen molar-refractivity contribution in [2.45, 2.75) is 516 Å². The van der Waals surface area contributed by atoms with Crippen molar-refractivity contribution in [3.05, 3.63) is 0 Å². The molecule has 0 aliphatic carbocycles. The third kappa shape index (κ3) is 79.8. The molecule has 0 bridgehead atoms. The minimum Gasteiger partial charge on any atom is -0.466 e. The maximum atomic E-state index is 13.2. The summed E-state index contributed by atoms with van der Waals surface area (Å²) < 4.78 is 34.3. The van der Waals surface area contributed by atoms with Gasteiger partial charge in [-0.3, -0.25) is 38.6 Å². The van der Waals surface area contributed by atoms with Gasteiger partial charge in [0.05, 0.1) is 52.1 Å². The van der Waals surface area contributed by atoms with Crippen LogP contribution in [0.4, 0.5) is 0 Å². The van der Waals surface area contributed by atoms with Gasteiger partial charge in [0, 0.05) is 77.3 Å². The number of unbranched alkanes of at least 4 members (excludes halogenated alkanes) is 60. The monoisotopic (exact) mass is 1670 g/mol. The molecule has 0 radical (unpaired) electrons. The lowest BCUT2D eigenvalue weighted by molar-refractivity contribution is -0.146. The second-order valence-corrected chi connectivity index (χ2v) is 36.1. The number of esters is 6. The lowest BCUT2D eigenvalue weighted by atomic mass is 10.0. The fourth-order valence-corrected chi connectivity index (χ4v) is 16.8. The Bertz CT molecular complexity index is 1930. The van der Waals surface area contributed by atoms with Crippen LogP contribution in [0.15, 0.2) is 0 Å². The number of carbonyl (C=O) groups is 6. The van der Waals surface area contributed by atoms with Crippen LogP contribution < -0.4 is 0 Å². The highest BCUT2D eigenvalue weighted by Gasteiger charge is 2.29. The number of ether oxygens (including phenoxy) is 6. The molecule has 1 rings (SSSR count). The van der Waals surface area contributed by atoms with Gasteiger partial charge in [0.15, 0.2) is 0 Å². The lowest BCUT2D eigenvalue weighted by Crippen LogP contribution is -2.57. The maximum absolute atomic E-state index is 13.2. The Kier molecular flexibility index (Phi) is 85.9. The molecule has 1 aliphatic heterocycles. The molecule has 0 aromatic carbocycles. The van der Waals surface area contributed by atoms with Crippen molar-refractivity contribution in [1.82, 2.24) is 19.6 Å². The molecule has 0 aromatic rings. The van der Waals surface area contributed by atoms with Crippen molar-refractivity contribution in [2.75, 3.05) is 105 Å². The molecule has 2 unspecified atom stereocenters. The molecule has 0 saturated carbocycles. The first-order chi connectivity index (χ1) is 57.9. The second-order valence-electron chi connectivity index (χ2n) is 36.1. The minimum absolute atomic E-state index is 0.207. The molecule has 118 heavy (non-hydrogen) atoms. The van der Waals surface area contributed by atoms with Crippen LogP contribution in [0.2, 0.25) is 0 Å². The smallest absolute Gasteiger partial charge is 0.307 e. The van der Waals surface area contributed by atoms with Gasteiger partial charge in [0.25, 0.3) is 0 Å².